The summed E-state index contributed by atoms with van der Waals surface area (Å²) >= 11 is 0. The molecule has 0 amide bonds. The molecule has 0 saturated heterocycles. The Morgan fingerprint density at radius 2 is 0.828 bits per heavy atom. The first-order valence-corrected chi connectivity index (χ1v) is 9.51. The number of tetrazole rings is 4. The molecule has 9 N–H and O–H groups in total. The molecule has 0 unspecified atom stereocenters. The van der Waals surface area contributed by atoms with Crippen LogP contribution in [-0.2, 0) is 9.13 Å². The van der Waals surface area contributed by atoms with Crippen molar-refractivity contribution in [3.63, 3.8) is 0 Å². The number of hydrogen-bond acceptors (Lipinski definition) is 14. The normalized spacial score (nSPS) is 9.79. The first kappa shape index (κ1) is 25.5. The second-order valence-corrected chi connectivity index (χ2v) is 6.29. The summed E-state index contributed by atoms with van der Waals surface area (Å²) in [5, 5.41) is 46.2. The molecule has 4 rings (SSSR count). The van der Waals surface area contributed by atoms with E-state index in [4.69, 9.17) is 0 Å². The minimum Gasteiger partial charge on any atom is -0.799 e. The van der Waals surface area contributed by atoms with Crippen LogP contribution in [0.1, 0.15) is 0 Å². The van der Waals surface area contributed by atoms with Crippen molar-refractivity contribution in [3.05, 3.63) is 25.3 Å². The van der Waals surface area contributed by atoms with Crippen LogP contribution in [0.25, 0.3) is 0 Å². The summed E-state index contributed by atoms with van der Waals surface area (Å²) in [6, 6.07) is 0. The van der Waals surface area contributed by atoms with Gasteiger partial charge in [-0.15, -0.1) is 0 Å². The molecule has 0 spiro atoms. The highest BCUT2D eigenvalue weighted by molar-refractivity contribution is 7.62. The van der Waals surface area contributed by atoms with Crippen LogP contribution >= 0.6 is 15.5 Å². The van der Waals surface area contributed by atoms with Gasteiger partial charge in [-0.1, -0.05) is 20.9 Å². The smallest absolute Gasteiger partial charge is 0.286 e. The Kier molecular flexibility index (Phi) is 13.7. The zero-order valence-corrected chi connectivity index (χ0v) is 15.5. The fourth-order valence-corrected chi connectivity index (χ4v) is 1.93. The predicted octanol–water partition coefficient (Wildman–Crippen LogP) is -9.29. The standard InChI is InChI=1S/4CH2N4.H5NO6P2/c4*1-2-4-5-3-1;2-8(3,4)1-9(5,6)7/h4*1H,(H,2,3,4,5);(H5,1,2,3,4,5,6,7). The number of aromatic nitrogens is 16. The van der Waals surface area contributed by atoms with Crippen molar-refractivity contribution in [1.82, 2.24) is 67.0 Å². The van der Waals surface area contributed by atoms with Crippen LogP contribution in [0, 0.1) is 0 Å². The van der Waals surface area contributed by atoms with Crippen LogP contribution in [0.4, 0.5) is 0 Å². The molecule has 0 saturated carbocycles. The van der Waals surface area contributed by atoms with E-state index in [2.05, 4.69) is 82.5 Å². The van der Waals surface area contributed by atoms with Gasteiger partial charge in [-0.25, -0.2) is 0 Å². The average Bonchev–Trinajstić information content (AvgIpc) is 3.51. The first-order chi connectivity index (χ1) is 13.7. The molecular weight excluding hydrogens is 444 g/mol. The number of aromatic amines is 8. The van der Waals surface area contributed by atoms with Gasteiger partial charge in [0.05, 0.1) is 0 Å². The van der Waals surface area contributed by atoms with Gasteiger partial charge in [0.2, 0.25) is 0 Å². The third kappa shape index (κ3) is 24.5. The second kappa shape index (κ2) is 15.6. The first-order valence-electron chi connectivity index (χ1n) is 6.42. The summed E-state index contributed by atoms with van der Waals surface area (Å²) in [6.07, 6.45) is 5.83. The molecule has 0 radical (unpaired) electrons. The van der Waals surface area contributed by atoms with Crippen molar-refractivity contribution < 1.29 is 49.1 Å². The van der Waals surface area contributed by atoms with Crippen LogP contribution in [0.15, 0.2) is 25.3 Å². The Labute approximate surface area is 157 Å². The molecule has 0 fully saturated rings. The Morgan fingerprint density at radius 3 is 0.862 bits per heavy atom. The summed E-state index contributed by atoms with van der Waals surface area (Å²) in [5.74, 6) is 0. The quantitative estimate of drug-likeness (QED) is 0.174. The molecule has 0 aromatic carbocycles. The van der Waals surface area contributed by atoms with Crippen molar-refractivity contribution in [2.75, 3.05) is 0 Å². The van der Waals surface area contributed by atoms with Gasteiger partial charge in [-0.05, 0) is 0 Å². The molecule has 4 aromatic heterocycles. The molecule has 0 bridgehead atoms. The number of H-pyrrole nitrogens is 8. The fourth-order valence-electron chi connectivity index (χ4n) is 0.727. The van der Waals surface area contributed by atoms with E-state index < -0.39 is 15.5 Å². The van der Waals surface area contributed by atoms with E-state index in [0.717, 1.165) is 0 Å². The third-order valence-corrected chi connectivity index (χ3v) is 3.38. The van der Waals surface area contributed by atoms with Gasteiger partial charge < -0.3 is 28.7 Å². The predicted molar refractivity (Wildman–Crippen MR) is 70.1 cm³/mol. The molecule has 0 aliphatic rings. The highest BCUT2D eigenvalue weighted by Crippen LogP contribution is 2.31. The van der Waals surface area contributed by atoms with E-state index in [9.17, 15) is 28.7 Å². The molecule has 0 aliphatic heterocycles. The van der Waals surface area contributed by atoms with Crippen molar-refractivity contribution in [3.8, 4) is 0 Å². The second-order valence-electron chi connectivity index (χ2n) is 3.50. The molecule has 25 heteroatoms. The molecule has 0 atom stereocenters. The summed E-state index contributed by atoms with van der Waals surface area (Å²) in [4.78, 5) is 38.1. The summed E-state index contributed by atoms with van der Waals surface area (Å²) in [7, 11) is -10.9. The van der Waals surface area contributed by atoms with E-state index in [-0.39, 0.29) is 0 Å². The van der Waals surface area contributed by atoms with Gasteiger partial charge in [-0.3, -0.25) is 4.86 Å². The number of hydrogen-bond donors (Lipinski definition) is 5. The maximum absolute atomic E-state index is 9.44. The zero-order valence-electron chi connectivity index (χ0n) is 13.7. The molecule has 4 aromatic rings. The van der Waals surface area contributed by atoms with Crippen molar-refractivity contribution in [2.45, 2.75) is 0 Å². The van der Waals surface area contributed by atoms with Gasteiger partial charge in [0.15, 0.2) is 20.9 Å². The minimum absolute atomic E-state index is 0.347. The highest BCUT2D eigenvalue weighted by Gasteiger charge is 1.90. The van der Waals surface area contributed by atoms with Crippen LogP contribution < -0.4 is 44.8 Å². The van der Waals surface area contributed by atoms with E-state index in [1.165, 1.54) is 25.3 Å². The molecule has 29 heavy (non-hydrogen) atoms. The maximum Gasteiger partial charge on any atom is 0.286 e. The van der Waals surface area contributed by atoms with Gasteiger partial charge in [0, 0.05) is 15.5 Å². The lowest BCUT2D eigenvalue weighted by Gasteiger charge is -2.41. The summed E-state index contributed by atoms with van der Waals surface area (Å²) < 4.78 is 18.9. The lowest BCUT2D eigenvalue weighted by atomic mass is 11.4. The van der Waals surface area contributed by atoms with E-state index >= 15 is 0 Å². The van der Waals surface area contributed by atoms with Crippen LogP contribution in [-0.4, -0.2) is 62.1 Å². The summed E-state index contributed by atoms with van der Waals surface area (Å²) in [5.41, 5.74) is 0. The lowest BCUT2D eigenvalue weighted by molar-refractivity contribution is -0.456. The van der Waals surface area contributed by atoms with Crippen LogP contribution in [0.5, 0.6) is 0 Å². The van der Waals surface area contributed by atoms with Gasteiger partial charge >= 0.3 is 0 Å². The van der Waals surface area contributed by atoms with Gasteiger partial charge in [-0.2, -0.15) is 20.4 Å². The zero-order chi connectivity index (χ0) is 21.8. The van der Waals surface area contributed by atoms with E-state index in [1.807, 2.05) is 0 Å². The molecule has 23 nitrogen and oxygen atoms in total. The fraction of sp³-hybridized carbons (Fsp3) is 0. The van der Waals surface area contributed by atoms with Gasteiger partial charge in [0.25, 0.3) is 25.3 Å². The van der Waals surface area contributed by atoms with Crippen LogP contribution in [0.3, 0.4) is 0 Å². The Morgan fingerprint density at radius 1 is 0.586 bits per heavy atom. The number of rotatable bonds is 2. The molecule has 4 heterocycles. The van der Waals surface area contributed by atoms with E-state index in [0.29, 0.717) is 4.86 Å². The van der Waals surface area contributed by atoms with Gasteiger partial charge in [0.1, 0.15) is 20.4 Å². The Balaban J connectivity index is 0.000000345. The number of nitrogens with one attached hydrogen (secondary N) is 9. The van der Waals surface area contributed by atoms with Crippen molar-refractivity contribution in [2.24, 2.45) is 0 Å². The Bertz CT molecular complexity index is 644. The maximum atomic E-state index is 9.44. The van der Waals surface area contributed by atoms with Crippen molar-refractivity contribution in [1.29, 1.82) is 0 Å². The van der Waals surface area contributed by atoms with Crippen LogP contribution in [0.2, 0.25) is 0 Å². The van der Waals surface area contributed by atoms with E-state index in [1.54, 1.807) is 0 Å². The SMILES string of the molecule is O=P([O-])([O-])NP(=O)([O-])[O-].c1nn[nH][nH+]1.c1nn[nH][nH+]1.c1nn[nH][nH+]1.c1nn[nH][nH+]1. The van der Waals surface area contributed by atoms with Crippen molar-refractivity contribution >= 4 is 15.5 Å². The monoisotopic (exact) mass is 457 g/mol. The molecule has 0 aliphatic carbocycles. The topological polar surface area (TPSA) is 361 Å². The third-order valence-electron chi connectivity index (χ3n) is 1.42. The lowest BCUT2D eigenvalue weighted by Crippen LogP contribution is -2.33. The molecular formula is C4H13N17O6P2. The highest BCUT2D eigenvalue weighted by atomic mass is 31.3. The minimum atomic E-state index is -5.43. The summed E-state index contributed by atoms with van der Waals surface area (Å²) in [6.45, 7) is 0. The molecule has 160 valence electrons. The Hall–Kier alpha value is -3.46. The number of nitrogens with zero attached hydrogens (tertiary/aromatic N) is 8. The largest absolute Gasteiger partial charge is 0.799 e. The average molecular weight is 457 g/mol.